The molecule has 0 aliphatic carbocycles. The van der Waals surface area contributed by atoms with Crippen molar-refractivity contribution in [3.63, 3.8) is 0 Å². The Labute approximate surface area is 116 Å². The molecule has 0 amide bonds. The summed E-state index contributed by atoms with van der Waals surface area (Å²) in [6.45, 7) is 2.76. The normalized spacial score (nSPS) is 11.1. The maximum absolute atomic E-state index is 5.99. The summed E-state index contributed by atoms with van der Waals surface area (Å²) in [5.41, 5.74) is 4.10. The average Bonchev–Trinajstić information content (AvgIpc) is 2.79. The Hall–Kier alpha value is -1.94. The van der Waals surface area contributed by atoms with Crippen molar-refractivity contribution in [3.05, 3.63) is 53.7 Å². The van der Waals surface area contributed by atoms with E-state index in [4.69, 9.17) is 11.6 Å². The van der Waals surface area contributed by atoms with Gasteiger partial charge < -0.3 is 4.57 Å². The second-order valence-corrected chi connectivity index (χ2v) is 4.66. The molecule has 3 heterocycles. The van der Waals surface area contributed by atoms with E-state index in [2.05, 4.69) is 26.4 Å². The van der Waals surface area contributed by atoms with Gasteiger partial charge in [-0.2, -0.15) is 0 Å². The highest BCUT2D eigenvalue weighted by Crippen LogP contribution is 2.18. The van der Waals surface area contributed by atoms with Crippen LogP contribution in [-0.2, 0) is 12.4 Å². The summed E-state index contributed by atoms with van der Waals surface area (Å²) in [5, 5.41) is 0. The average molecular weight is 273 g/mol. The first-order chi connectivity index (χ1) is 9.29. The van der Waals surface area contributed by atoms with E-state index in [9.17, 15) is 0 Å². The Bertz CT molecular complexity index is 720. The van der Waals surface area contributed by atoms with Crippen molar-refractivity contribution in [1.29, 1.82) is 0 Å². The number of nitrogens with zero attached hydrogens (tertiary/aromatic N) is 4. The zero-order valence-electron chi connectivity index (χ0n) is 10.5. The van der Waals surface area contributed by atoms with Gasteiger partial charge >= 0.3 is 0 Å². The highest BCUT2D eigenvalue weighted by molar-refractivity contribution is 6.16. The van der Waals surface area contributed by atoms with Crippen LogP contribution in [0.3, 0.4) is 0 Å². The number of halogens is 1. The summed E-state index contributed by atoms with van der Waals surface area (Å²) in [7, 11) is 0. The number of alkyl halides is 1. The number of rotatable bonds is 3. The Morgan fingerprint density at radius 1 is 1.26 bits per heavy atom. The molecular formula is C14H13ClN4. The molecule has 0 radical (unpaired) electrons. The summed E-state index contributed by atoms with van der Waals surface area (Å²) < 4.78 is 2.06. The number of pyridine rings is 2. The van der Waals surface area contributed by atoms with Crippen LogP contribution in [0.4, 0.5) is 0 Å². The largest absolute Gasteiger partial charge is 0.307 e. The molecule has 0 spiro atoms. The fourth-order valence-corrected chi connectivity index (χ4v) is 2.33. The lowest BCUT2D eigenvalue weighted by atomic mass is 10.1. The van der Waals surface area contributed by atoms with Gasteiger partial charge in [0.1, 0.15) is 11.3 Å². The molecular weight excluding hydrogens is 260 g/mol. The lowest BCUT2D eigenvalue weighted by Crippen LogP contribution is -2.06. The lowest BCUT2D eigenvalue weighted by molar-refractivity contribution is 0.765. The van der Waals surface area contributed by atoms with E-state index in [0.29, 0.717) is 12.4 Å². The molecule has 4 nitrogen and oxygen atoms in total. The van der Waals surface area contributed by atoms with E-state index in [1.807, 2.05) is 24.4 Å². The van der Waals surface area contributed by atoms with Gasteiger partial charge in [-0.3, -0.25) is 4.98 Å². The van der Waals surface area contributed by atoms with Crippen molar-refractivity contribution in [3.8, 4) is 0 Å². The number of aromatic nitrogens is 4. The van der Waals surface area contributed by atoms with Gasteiger partial charge in [0.05, 0.1) is 12.4 Å². The molecule has 3 aromatic rings. The second kappa shape index (κ2) is 4.97. The van der Waals surface area contributed by atoms with Crippen LogP contribution >= 0.6 is 11.6 Å². The molecule has 3 aromatic heterocycles. The molecule has 0 aliphatic heterocycles. The SMILES string of the molecule is Cc1cnccc1Cn1c(CCl)nc2cccnc21. The molecule has 0 bridgehead atoms. The van der Waals surface area contributed by atoms with Crippen molar-refractivity contribution in [1.82, 2.24) is 19.5 Å². The van der Waals surface area contributed by atoms with Crippen LogP contribution in [-0.4, -0.2) is 19.5 Å². The maximum atomic E-state index is 5.99. The van der Waals surface area contributed by atoms with Gasteiger partial charge in [-0.25, -0.2) is 9.97 Å². The quantitative estimate of drug-likeness (QED) is 0.689. The number of hydrogen-bond donors (Lipinski definition) is 0. The molecule has 0 atom stereocenters. The second-order valence-electron chi connectivity index (χ2n) is 4.40. The monoisotopic (exact) mass is 272 g/mol. The van der Waals surface area contributed by atoms with Crippen molar-refractivity contribution in [2.45, 2.75) is 19.3 Å². The Morgan fingerprint density at radius 2 is 2.16 bits per heavy atom. The van der Waals surface area contributed by atoms with Crippen LogP contribution in [0.1, 0.15) is 17.0 Å². The third-order valence-corrected chi connectivity index (χ3v) is 3.41. The molecule has 0 saturated heterocycles. The molecule has 5 heteroatoms. The van der Waals surface area contributed by atoms with Gasteiger partial charge in [-0.05, 0) is 36.2 Å². The zero-order valence-corrected chi connectivity index (χ0v) is 11.3. The van der Waals surface area contributed by atoms with E-state index < -0.39 is 0 Å². The van der Waals surface area contributed by atoms with Crippen LogP contribution in [0.15, 0.2) is 36.8 Å². The molecule has 0 unspecified atom stereocenters. The zero-order chi connectivity index (χ0) is 13.2. The Balaban J connectivity index is 2.12. The van der Waals surface area contributed by atoms with Crippen LogP contribution in [0.2, 0.25) is 0 Å². The summed E-state index contributed by atoms with van der Waals surface area (Å²) >= 11 is 5.99. The predicted octanol–water partition coefficient (Wildman–Crippen LogP) is 2.92. The minimum Gasteiger partial charge on any atom is -0.307 e. The van der Waals surface area contributed by atoms with Crippen molar-refractivity contribution in [2.24, 2.45) is 0 Å². The third-order valence-electron chi connectivity index (χ3n) is 3.17. The summed E-state index contributed by atoms with van der Waals surface area (Å²) in [4.78, 5) is 13.0. The molecule has 0 aromatic carbocycles. The molecule has 0 aliphatic rings. The fourth-order valence-electron chi connectivity index (χ4n) is 2.12. The van der Waals surface area contributed by atoms with E-state index in [1.54, 1.807) is 12.4 Å². The molecule has 96 valence electrons. The van der Waals surface area contributed by atoms with E-state index in [-0.39, 0.29) is 0 Å². The summed E-state index contributed by atoms with van der Waals surface area (Å²) in [5.74, 6) is 1.21. The van der Waals surface area contributed by atoms with Crippen LogP contribution in [0, 0.1) is 6.92 Å². The van der Waals surface area contributed by atoms with Gasteiger partial charge in [-0.15, -0.1) is 11.6 Å². The fraction of sp³-hybridized carbons (Fsp3) is 0.214. The number of aryl methyl sites for hydroxylation is 1. The standard InChI is InChI=1S/C14H13ClN4/c1-10-8-16-6-4-11(10)9-19-13(7-15)18-12-3-2-5-17-14(12)19/h2-6,8H,7,9H2,1H3. The first-order valence-electron chi connectivity index (χ1n) is 6.05. The van der Waals surface area contributed by atoms with Crippen molar-refractivity contribution in [2.75, 3.05) is 0 Å². The minimum atomic E-state index is 0.375. The minimum absolute atomic E-state index is 0.375. The molecule has 3 rings (SSSR count). The van der Waals surface area contributed by atoms with Crippen molar-refractivity contribution < 1.29 is 0 Å². The number of imidazole rings is 1. The third kappa shape index (κ3) is 2.19. The Kier molecular flexibility index (Phi) is 3.17. The highest BCUT2D eigenvalue weighted by Gasteiger charge is 2.11. The molecule has 19 heavy (non-hydrogen) atoms. The van der Waals surface area contributed by atoms with Gasteiger partial charge in [-0.1, -0.05) is 0 Å². The highest BCUT2D eigenvalue weighted by atomic mass is 35.5. The van der Waals surface area contributed by atoms with Gasteiger partial charge in [0.2, 0.25) is 0 Å². The van der Waals surface area contributed by atoms with Crippen molar-refractivity contribution >= 4 is 22.8 Å². The van der Waals surface area contributed by atoms with Gasteiger partial charge in [0.15, 0.2) is 5.65 Å². The molecule has 0 fully saturated rings. The maximum Gasteiger partial charge on any atom is 0.160 e. The topological polar surface area (TPSA) is 43.6 Å². The summed E-state index contributed by atoms with van der Waals surface area (Å²) in [6.07, 6.45) is 5.44. The van der Waals surface area contributed by atoms with E-state index >= 15 is 0 Å². The van der Waals surface area contributed by atoms with Gasteiger partial charge in [0.25, 0.3) is 0 Å². The predicted molar refractivity (Wildman–Crippen MR) is 75.2 cm³/mol. The molecule has 0 saturated carbocycles. The smallest absolute Gasteiger partial charge is 0.160 e. The lowest BCUT2D eigenvalue weighted by Gasteiger charge is -2.09. The van der Waals surface area contributed by atoms with E-state index in [1.165, 1.54) is 5.56 Å². The Morgan fingerprint density at radius 3 is 2.95 bits per heavy atom. The first-order valence-corrected chi connectivity index (χ1v) is 6.58. The summed E-state index contributed by atoms with van der Waals surface area (Å²) in [6, 6.07) is 5.85. The van der Waals surface area contributed by atoms with Crippen LogP contribution in [0.5, 0.6) is 0 Å². The van der Waals surface area contributed by atoms with Gasteiger partial charge in [0, 0.05) is 18.6 Å². The number of hydrogen-bond acceptors (Lipinski definition) is 3. The van der Waals surface area contributed by atoms with Crippen LogP contribution in [0.25, 0.3) is 11.2 Å². The number of fused-ring (bicyclic) bond motifs is 1. The van der Waals surface area contributed by atoms with Crippen LogP contribution < -0.4 is 0 Å². The first kappa shape index (κ1) is 12.1. The molecule has 0 N–H and O–H groups in total. The van der Waals surface area contributed by atoms with E-state index in [0.717, 1.165) is 22.6 Å².